The highest BCUT2D eigenvalue weighted by molar-refractivity contribution is 5.36. The molecule has 5 aliphatic carbocycles. The topological polar surface area (TPSA) is 247 Å². The fourth-order valence-corrected chi connectivity index (χ4v) is 15.5. The van der Waals surface area contributed by atoms with E-state index in [4.69, 9.17) is 33.2 Å². The third-order valence-corrected chi connectivity index (χ3v) is 19.5. The summed E-state index contributed by atoms with van der Waals surface area (Å²) in [5.74, 6) is 0.655. The highest BCUT2D eigenvalue weighted by Gasteiger charge is 2.79. The molecule has 16 heteroatoms. The first-order chi connectivity index (χ1) is 29.4. The zero-order chi connectivity index (χ0) is 45.6. The number of allylic oxidation sites excluding steroid dienone is 1. The quantitative estimate of drug-likeness (QED) is 0.129. The van der Waals surface area contributed by atoms with E-state index in [0.717, 1.165) is 44.9 Å². The molecular formula is C47H76O16. The molecule has 4 saturated heterocycles. The van der Waals surface area contributed by atoms with Crippen LogP contribution in [0.1, 0.15) is 107 Å². The summed E-state index contributed by atoms with van der Waals surface area (Å²) in [5.41, 5.74) is -1.48. The predicted octanol–water partition coefficient (Wildman–Crippen LogP) is 1.27. The van der Waals surface area contributed by atoms with Crippen molar-refractivity contribution in [2.75, 3.05) is 19.8 Å². The van der Waals surface area contributed by atoms with Gasteiger partial charge in [-0.15, -0.1) is 0 Å². The Morgan fingerprint density at radius 2 is 1.33 bits per heavy atom. The molecule has 0 amide bonds. The van der Waals surface area contributed by atoms with Gasteiger partial charge in [0.1, 0.15) is 61.0 Å². The van der Waals surface area contributed by atoms with E-state index in [1.165, 1.54) is 0 Å². The Morgan fingerprint density at radius 3 is 2.03 bits per heavy atom. The first-order valence-electron chi connectivity index (χ1n) is 23.7. The van der Waals surface area contributed by atoms with Gasteiger partial charge in [0.25, 0.3) is 0 Å². The highest BCUT2D eigenvalue weighted by Crippen LogP contribution is 2.79. The number of hydrogen-bond acceptors (Lipinski definition) is 16. The summed E-state index contributed by atoms with van der Waals surface area (Å²) in [5, 5.41) is 98.1. The lowest BCUT2D eigenvalue weighted by Gasteiger charge is -2.73. The summed E-state index contributed by atoms with van der Waals surface area (Å²) in [6.07, 6.45) is -9.72. The first kappa shape index (κ1) is 47.2. The van der Waals surface area contributed by atoms with E-state index >= 15 is 0 Å². The van der Waals surface area contributed by atoms with Crippen molar-refractivity contribution in [1.82, 2.24) is 0 Å². The fraction of sp³-hybridized carbons (Fsp3) is 0.957. The average Bonchev–Trinajstić information content (AvgIpc) is 3.50. The van der Waals surface area contributed by atoms with Crippen molar-refractivity contribution in [3.8, 4) is 0 Å². The second-order valence-electron chi connectivity index (χ2n) is 23.5. The lowest BCUT2D eigenvalue weighted by Crippen LogP contribution is -2.72. The minimum absolute atomic E-state index is 0.139. The molecule has 63 heavy (non-hydrogen) atoms. The van der Waals surface area contributed by atoms with Crippen molar-refractivity contribution in [3.05, 3.63) is 12.2 Å². The van der Waals surface area contributed by atoms with E-state index in [0.29, 0.717) is 13.0 Å². The molecule has 9 aliphatic rings. The van der Waals surface area contributed by atoms with Gasteiger partial charge < -0.3 is 79.1 Å². The minimum atomic E-state index is -1.78. The van der Waals surface area contributed by atoms with E-state index in [1.807, 2.05) is 0 Å². The number of aliphatic hydroxyl groups is 9. The summed E-state index contributed by atoms with van der Waals surface area (Å²) in [7, 11) is 0. The zero-order valence-corrected chi connectivity index (χ0v) is 38.3. The molecular weight excluding hydrogens is 821 g/mol. The van der Waals surface area contributed by atoms with Crippen LogP contribution in [-0.4, -0.2) is 170 Å². The van der Waals surface area contributed by atoms with Crippen molar-refractivity contribution in [1.29, 1.82) is 0 Å². The number of aliphatic hydroxyl groups excluding tert-OH is 9. The molecule has 9 rings (SSSR count). The van der Waals surface area contributed by atoms with Crippen LogP contribution in [0.15, 0.2) is 12.2 Å². The lowest BCUT2D eigenvalue weighted by atomic mass is 9.32. The van der Waals surface area contributed by atoms with Gasteiger partial charge in [-0.3, -0.25) is 0 Å². The number of fused-ring (bicyclic) bond motifs is 4. The van der Waals surface area contributed by atoms with Crippen LogP contribution in [0, 0.1) is 50.2 Å². The van der Waals surface area contributed by atoms with Crippen LogP contribution < -0.4 is 0 Å². The van der Waals surface area contributed by atoms with E-state index < -0.39 is 122 Å². The monoisotopic (exact) mass is 897 g/mol. The molecule has 4 aliphatic heterocycles. The molecule has 4 saturated carbocycles. The second kappa shape index (κ2) is 15.8. The van der Waals surface area contributed by atoms with Gasteiger partial charge in [-0.1, -0.05) is 60.6 Å². The molecule has 8 fully saturated rings. The van der Waals surface area contributed by atoms with E-state index in [9.17, 15) is 46.0 Å². The maximum atomic E-state index is 12.2. The Kier molecular flexibility index (Phi) is 11.8. The fourth-order valence-electron chi connectivity index (χ4n) is 15.5. The van der Waals surface area contributed by atoms with Crippen LogP contribution >= 0.6 is 0 Å². The van der Waals surface area contributed by atoms with Crippen LogP contribution in [0.2, 0.25) is 0 Å². The smallest absolute Gasteiger partial charge is 0.187 e. The normalized spacial score (nSPS) is 58.3. The summed E-state index contributed by atoms with van der Waals surface area (Å²) in [6, 6.07) is 0. The van der Waals surface area contributed by atoms with Crippen LogP contribution in [0.25, 0.3) is 0 Å². The summed E-state index contributed by atoms with van der Waals surface area (Å²) in [6.45, 7) is 17.6. The van der Waals surface area contributed by atoms with Crippen LogP contribution in [0.5, 0.6) is 0 Å². The maximum Gasteiger partial charge on any atom is 0.187 e. The molecule has 2 unspecified atom stereocenters. The molecule has 2 bridgehead atoms. The van der Waals surface area contributed by atoms with Gasteiger partial charge in [0.2, 0.25) is 0 Å². The molecule has 360 valence electrons. The Morgan fingerprint density at radius 1 is 0.667 bits per heavy atom. The summed E-state index contributed by atoms with van der Waals surface area (Å²) in [4.78, 5) is 0. The molecule has 0 aromatic carbocycles. The third-order valence-electron chi connectivity index (χ3n) is 19.5. The van der Waals surface area contributed by atoms with Crippen LogP contribution in [-0.2, 0) is 33.2 Å². The van der Waals surface area contributed by atoms with Gasteiger partial charge >= 0.3 is 0 Å². The van der Waals surface area contributed by atoms with Gasteiger partial charge in [-0.05, 0) is 91.8 Å². The molecule has 24 atom stereocenters. The van der Waals surface area contributed by atoms with Crippen molar-refractivity contribution >= 4 is 0 Å². The largest absolute Gasteiger partial charge is 0.394 e. The van der Waals surface area contributed by atoms with Crippen molar-refractivity contribution in [2.45, 2.75) is 211 Å². The average molecular weight is 897 g/mol. The number of ether oxygens (including phenoxy) is 7. The van der Waals surface area contributed by atoms with E-state index in [-0.39, 0.29) is 44.8 Å². The van der Waals surface area contributed by atoms with Gasteiger partial charge in [-0.25, -0.2) is 0 Å². The van der Waals surface area contributed by atoms with Crippen LogP contribution in [0.4, 0.5) is 0 Å². The molecule has 9 N–H and O–H groups in total. The molecule has 0 radical (unpaired) electrons. The predicted molar refractivity (Wildman–Crippen MR) is 222 cm³/mol. The SMILES string of the molecule is C[C@H]1O[C@@H](O[C@H]2CC[C@]3(C)[C@H]4C=CC56OCC7(CCC(C)(C)C[C@H]75)[C@H](O)C[C@@]6(C)[C@]4(C)CC[C@H]3C2(C)C)[C@H](O[C@@H]2O[C@H](CO)[C@@H](O)[C@H](O)[C@H]2O[C@@H]2OC[C@@H](O)[C@H](O)[C@H]2O)[C@@H](O)[C@H]1O. The van der Waals surface area contributed by atoms with Crippen molar-refractivity contribution in [3.63, 3.8) is 0 Å². The van der Waals surface area contributed by atoms with Gasteiger partial charge in [0, 0.05) is 16.7 Å². The zero-order valence-electron chi connectivity index (χ0n) is 38.3. The van der Waals surface area contributed by atoms with Gasteiger partial charge in [0.05, 0.1) is 43.7 Å². The van der Waals surface area contributed by atoms with Crippen LogP contribution in [0.3, 0.4) is 0 Å². The van der Waals surface area contributed by atoms with Gasteiger partial charge in [0.15, 0.2) is 18.9 Å². The second-order valence-corrected chi connectivity index (χ2v) is 23.5. The molecule has 0 aromatic rings. The number of rotatable bonds is 7. The summed E-state index contributed by atoms with van der Waals surface area (Å²) < 4.78 is 43.9. The van der Waals surface area contributed by atoms with E-state index in [2.05, 4.69) is 60.6 Å². The Labute approximate surface area is 371 Å². The Balaban J connectivity index is 0.975. The first-order valence-corrected chi connectivity index (χ1v) is 23.7. The summed E-state index contributed by atoms with van der Waals surface area (Å²) >= 11 is 0. The molecule has 4 heterocycles. The molecule has 0 aromatic heterocycles. The van der Waals surface area contributed by atoms with E-state index in [1.54, 1.807) is 6.92 Å². The third kappa shape index (κ3) is 6.73. The number of hydrogen-bond donors (Lipinski definition) is 9. The van der Waals surface area contributed by atoms with Crippen molar-refractivity contribution < 1.29 is 79.1 Å². The maximum absolute atomic E-state index is 12.2. The minimum Gasteiger partial charge on any atom is -0.394 e. The van der Waals surface area contributed by atoms with Crippen molar-refractivity contribution in [2.24, 2.45) is 50.2 Å². The lowest BCUT2D eigenvalue weighted by molar-refractivity contribution is -0.393. The standard InChI is InChI=1S/C47H76O16/c1-22-30(51)33(54)36(63-40-37(34(55)32(53)24(19-48)60-40)62-38-35(56)31(52)23(49)20-57-38)39(59-22)61-29-11-12-43(6)25(42(29,4)5)9-13-44(7)26(43)10-14-47-27-17-41(2,3)15-16-46(27,21-58-47)28(50)18-45(44,47)8/h10,14,22-40,48-56H,9,11-13,15-21H2,1-8H3/t22-,23-,24-,25+,26-,27-,28-,29+,30+,31+,32-,33+,34+,35-,36-,37-,38+,39+,40+,43+,44-,45+,46?,47?/m1/s1. The van der Waals surface area contributed by atoms with Gasteiger partial charge in [-0.2, -0.15) is 0 Å². The molecule has 16 nitrogen and oxygen atoms in total. The Hall–Kier alpha value is -0.900. The highest BCUT2D eigenvalue weighted by atomic mass is 16.8. The Bertz CT molecular complexity index is 1730. The molecule has 1 spiro atoms.